The summed E-state index contributed by atoms with van der Waals surface area (Å²) in [6.07, 6.45) is 0. The first-order chi connectivity index (χ1) is 5.08. The molecule has 0 aliphatic heterocycles. The lowest BCUT2D eigenvalue weighted by Gasteiger charge is -2.04. The first kappa shape index (κ1) is 14.5. The van der Waals surface area contributed by atoms with Gasteiger partial charge in [0.2, 0.25) is 0 Å². The van der Waals surface area contributed by atoms with Gasteiger partial charge in [-0.15, -0.1) is 0 Å². The van der Waals surface area contributed by atoms with Crippen LogP contribution in [0, 0.1) is 0 Å². The first-order valence-electron chi connectivity index (χ1n) is 2.88. The van der Waals surface area contributed by atoms with Crippen LogP contribution in [0.3, 0.4) is 0 Å². The fourth-order valence-electron chi connectivity index (χ4n) is 0.619. The maximum absolute atomic E-state index is 10.3. The van der Waals surface area contributed by atoms with E-state index in [2.05, 4.69) is 4.52 Å². The highest BCUT2D eigenvalue weighted by Crippen LogP contribution is 2.36. The highest BCUT2D eigenvalue weighted by atomic mass is 31.2. The molecule has 0 saturated carbocycles. The first-order valence-corrected chi connectivity index (χ1v) is 4.41. The Labute approximate surface area is 73.1 Å². The van der Waals surface area contributed by atoms with E-state index in [0.717, 1.165) is 0 Å². The van der Waals surface area contributed by atoms with Crippen molar-refractivity contribution in [3.8, 4) is 5.75 Å². The lowest BCUT2D eigenvalue weighted by atomic mass is 10.3. The maximum atomic E-state index is 10.3. The number of phosphoric ester groups is 1. The van der Waals surface area contributed by atoms with Crippen LogP contribution in [-0.2, 0) is 4.57 Å². The summed E-state index contributed by atoms with van der Waals surface area (Å²) in [6.45, 7) is 0. The minimum atomic E-state index is -4.39. The Morgan fingerprint density at radius 1 is 1.08 bits per heavy atom. The zero-order valence-electron chi connectivity index (χ0n) is 6.36. The van der Waals surface area contributed by atoms with E-state index in [-0.39, 0.29) is 15.2 Å². The summed E-state index contributed by atoms with van der Waals surface area (Å²) in [7, 11) is -4.39. The van der Waals surface area contributed by atoms with Crippen molar-refractivity contribution in [3.63, 3.8) is 0 Å². The molecule has 1 rings (SSSR count). The Kier molecular flexibility index (Phi) is 6.31. The minimum Gasteiger partial charge on any atom is -0.404 e. The Balaban J connectivity index is 0. The van der Waals surface area contributed by atoms with E-state index in [0.29, 0.717) is 0 Å². The molecule has 1 aromatic rings. The molecule has 0 heterocycles. The van der Waals surface area contributed by atoms with Crippen molar-refractivity contribution < 1.29 is 28.3 Å². The third kappa shape index (κ3) is 6.21. The molecule has 0 unspecified atom stereocenters. The van der Waals surface area contributed by atoms with Gasteiger partial charge in [0.15, 0.2) is 0 Å². The Bertz CT molecular complexity index is 273. The van der Waals surface area contributed by atoms with Crippen molar-refractivity contribution in [2.45, 2.75) is 0 Å². The molecule has 0 aliphatic carbocycles. The van der Waals surface area contributed by atoms with E-state index >= 15 is 0 Å². The number of halogens is 2. The molecule has 0 aromatic heterocycles. The van der Waals surface area contributed by atoms with Crippen LogP contribution in [0.5, 0.6) is 5.75 Å². The average molecular weight is 214 g/mol. The summed E-state index contributed by atoms with van der Waals surface area (Å²) in [4.78, 5) is 16.7. The Morgan fingerprint density at radius 3 is 1.92 bits per heavy atom. The van der Waals surface area contributed by atoms with Crippen molar-refractivity contribution in [2.24, 2.45) is 0 Å². The molecule has 76 valence electrons. The van der Waals surface area contributed by atoms with Crippen LogP contribution in [0.4, 0.5) is 9.41 Å². The lowest BCUT2D eigenvalue weighted by molar-refractivity contribution is 0.283. The molecule has 1 aromatic carbocycles. The van der Waals surface area contributed by atoms with E-state index in [4.69, 9.17) is 9.79 Å². The molecule has 13 heavy (non-hydrogen) atoms. The fourth-order valence-corrected chi connectivity index (χ4v) is 1.02. The second-order valence-electron chi connectivity index (χ2n) is 1.89. The SMILES string of the molecule is F.F.O=P(O)(O)Oc1ccccc1. The number of benzene rings is 1. The molecule has 0 amide bonds. The lowest BCUT2D eigenvalue weighted by Crippen LogP contribution is -1.88. The molecule has 4 nitrogen and oxygen atoms in total. The second-order valence-corrected chi connectivity index (χ2v) is 3.06. The van der Waals surface area contributed by atoms with E-state index in [1.807, 2.05) is 0 Å². The van der Waals surface area contributed by atoms with E-state index in [1.165, 1.54) is 12.1 Å². The van der Waals surface area contributed by atoms with Gasteiger partial charge in [0.05, 0.1) is 0 Å². The van der Waals surface area contributed by atoms with Crippen LogP contribution in [0.2, 0.25) is 0 Å². The summed E-state index contributed by atoms with van der Waals surface area (Å²) >= 11 is 0. The van der Waals surface area contributed by atoms with E-state index < -0.39 is 7.82 Å². The van der Waals surface area contributed by atoms with Gasteiger partial charge in [-0.1, -0.05) is 18.2 Å². The predicted molar refractivity (Wildman–Crippen MR) is 44.1 cm³/mol. The normalized spacial score (nSPS) is 9.38. The van der Waals surface area contributed by atoms with Crippen molar-refractivity contribution >= 4 is 7.82 Å². The zero-order chi connectivity index (χ0) is 8.32. The van der Waals surface area contributed by atoms with E-state index in [1.54, 1.807) is 18.2 Å². The van der Waals surface area contributed by atoms with Gasteiger partial charge in [-0.3, -0.25) is 19.2 Å². The Morgan fingerprint density at radius 2 is 1.54 bits per heavy atom. The molecule has 0 bridgehead atoms. The van der Waals surface area contributed by atoms with Crippen molar-refractivity contribution in [1.82, 2.24) is 0 Å². The molecule has 0 fully saturated rings. The number of hydrogen-bond donors (Lipinski definition) is 2. The largest absolute Gasteiger partial charge is 0.524 e. The van der Waals surface area contributed by atoms with Gasteiger partial charge in [0.1, 0.15) is 5.75 Å². The summed E-state index contributed by atoms with van der Waals surface area (Å²) in [6, 6.07) is 7.93. The number of para-hydroxylation sites is 1. The van der Waals surface area contributed by atoms with Crippen molar-refractivity contribution in [2.75, 3.05) is 0 Å². The molecule has 0 aliphatic rings. The van der Waals surface area contributed by atoms with Gasteiger partial charge in [0.25, 0.3) is 0 Å². The molecule has 0 saturated heterocycles. The summed E-state index contributed by atoms with van der Waals surface area (Å²) in [5.74, 6) is 0.167. The Hall–Kier alpha value is -0.970. The number of rotatable bonds is 2. The second kappa shape index (κ2) is 5.64. The summed E-state index contributed by atoms with van der Waals surface area (Å²) < 4.78 is 14.5. The van der Waals surface area contributed by atoms with Gasteiger partial charge < -0.3 is 4.52 Å². The van der Waals surface area contributed by atoms with Gasteiger partial charge in [0, 0.05) is 0 Å². The van der Waals surface area contributed by atoms with Gasteiger partial charge in [-0.25, -0.2) is 4.57 Å². The van der Waals surface area contributed by atoms with Crippen molar-refractivity contribution in [3.05, 3.63) is 30.3 Å². The van der Waals surface area contributed by atoms with Crippen LogP contribution in [0.1, 0.15) is 0 Å². The zero-order valence-corrected chi connectivity index (χ0v) is 7.26. The molecule has 0 radical (unpaired) electrons. The predicted octanol–water partition coefficient (Wildman–Crippen LogP) is 1.46. The third-order valence-electron chi connectivity index (χ3n) is 0.968. The van der Waals surface area contributed by atoms with Crippen molar-refractivity contribution in [1.29, 1.82) is 0 Å². The fraction of sp³-hybridized carbons (Fsp3) is 0. The molecule has 7 heteroatoms. The van der Waals surface area contributed by atoms with Crippen LogP contribution >= 0.6 is 7.82 Å². The third-order valence-corrected chi connectivity index (χ3v) is 1.42. The quantitative estimate of drug-likeness (QED) is 0.731. The van der Waals surface area contributed by atoms with Gasteiger partial charge >= 0.3 is 7.82 Å². The standard InChI is InChI=1S/C6H7O4P.2FH/c7-11(8,9)10-6-4-2-1-3-5-6;;/h1-5H,(H2,7,8,9);2*1H. The minimum absolute atomic E-state index is 0. The summed E-state index contributed by atoms with van der Waals surface area (Å²) in [5, 5.41) is 0. The highest BCUT2D eigenvalue weighted by Gasteiger charge is 2.14. The highest BCUT2D eigenvalue weighted by molar-refractivity contribution is 7.46. The molecule has 0 spiro atoms. The molecule has 2 N–H and O–H groups in total. The molecular weight excluding hydrogens is 205 g/mol. The van der Waals surface area contributed by atoms with Crippen LogP contribution in [0.25, 0.3) is 0 Å². The number of hydrogen-bond acceptors (Lipinski definition) is 2. The van der Waals surface area contributed by atoms with Gasteiger partial charge in [-0.05, 0) is 12.1 Å². The molecule has 0 atom stereocenters. The number of phosphoric acid groups is 1. The van der Waals surface area contributed by atoms with Crippen LogP contribution < -0.4 is 4.52 Å². The van der Waals surface area contributed by atoms with Gasteiger partial charge in [-0.2, -0.15) is 0 Å². The van der Waals surface area contributed by atoms with Crippen LogP contribution in [0.15, 0.2) is 30.3 Å². The topological polar surface area (TPSA) is 66.8 Å². The van der Waals surface area contributed by atoms with Crippen LogP contribution in [-0.4, -0.2) is 9.79 Å². The summed E-state index contributed by atoms with van der Waals surface area (Å²) in [5.41, 5.74) is 0. The smallest absolute Gasteiger partial charge is 0.404 e. The average Bonchev–Trinajstić information content (AvgIpc) is 1.85. The maximum Gasteiger partial charge on any atom is 0.524 e. The molecular formula is C6H9F2O4P. The van der Waals surface area contributed by atoms with E-state index in [9.17, 15) is 4.57 Å². The monoisotopic (exact) mass is 214 g/mol.